The number of fused-ring (bicyclic) bond motifs is 8. The lowest BCUT2D eigenvalue weighted by Gasteiger charge is -2.34. The largest absolute Gasteiger partial charge is 0.478 e. The van der Waals surface area contributed by atoms with E-state index in [0.717, 1.165) is 12.1 Å². The van der Waals surface area contributed by atoms with E-state index in [9.17, 15) is 29.4 Å². The van der Waals surface area contributed by atoms with Crippen LogP contribution in [0, 0.1) is 23.7 Å². The van der Waals surface area contributed by atoms with E-state index in [0.29, 0.717) is 0 Å². The summed E-state index contributed by atoms with van der Waals surface area (Å²) in [7, 11) is 0. The second kappa shape index (κ2) is 8.11. The van der Waals surface area contributed by atoms with Crippen LogP contribution in [-0.4, -0.2) is 44.3 Å². The second-order valence-corrected chi connectivity index (χ2v) is 9.99. The average Bonchev–Trinajstić information content (AvgIpc) is 3.57. The molecule has 0 aromatic heterocycles. The van der Waals surface area contributed by atoms with Gasteiger partial charge in [-0.15, -0.1) is 0 Å². The minimum Gasteiger partial charge on any atom is -0.478 e. The van der Waals surface area contributed by atoms with Gasteiger partial charge in [0.2, 0.25) is 0 Å². The van der Waals surface area contributed by atoms with Crippen molar-refractivity contribution in [3.8, 4) is 0 Å². The van der Waals surface area contributed by atoms with E-state index in [2.05, 4.69) is 0 Å². The summed E-state index contributed by atoms with van der Waals surface area (Å²) in [6, 6.07) is 2.18. The average molecular weight is 466 g/mol. The van der Waals surface area contributed by atoms with Crippen LogP contribution in [-0.2, 0) is 9.59 Å². The van der Waals surface area contributed by atoms with Gasteiger partial charge in [0.05, 0.1) is 22.3 Å². The molecule has 6 rings (SSSR count). The van der Waals surface area contributed by atoms with Crippen molar-refractivity contribution in [1.29, 1.82) is 0 Å². The van der Waals surface area contributed by atoms with Crippen LogP contribution < -0.4 is 10.4 Å². The van der Waals surface area contributed by atoms with Crippen molar-refractivity contribution in [2.24, 2.45) is 23.7 Å². The quantitative estimate of drug-likeness (QED) is 0.529. The molecule has 0 amide bonds. The van der Waals surface area contributed by atoms with Crippen LogP contribution >= 0.6 is 0 Å². The Morgan fingerprint density at radius 2 is 1.03 bits per heavy atom. The molecule has 0 spiro atoms. The molecule has 1 aromatic rings. The van der Waals surface area contributed by atoms with Crippen molar-refractivity contribution in [2.45, 2.75) is 51.4 Å². The van der Waals surface area contributed by atoms with Crippen molar-refractivity contribution in [3.63, 3.8) is 0 Å². The highest BCUT2D eigenvalue weighted by atomic mass is 16.4. The van der Waals surface area contributed by atoms with Crippen molar-refractivity contribution >= 4 is 35.0 Å². The molecule has 4 unspecified atom stereocenters. The van der Waals surface area contributed by atoms with Crippen LogP contribution in [0.4, 0.5) is 0 Å². The molecule has 178 valence electrons. The number of carbonyl (C=O) groups is 4. The molecule has 4 bridgehead atoms. The number of aromatic carboxylic acids is 2. The minimum absolute atomic E-state index is 0.0285. The summed E-state index contributed by atoms with van der Waals surface area (Å²) in [5.74, 6) is -0.995. The number of carboxylic acids is 4. The molecule has 5 aliphatic rings. The van der Waals surface area contributed by atoms with Gasteiger partial charge in [-0.2, -0.15) is 0 Å². The fourth-order valence-electron chi connectivity index (χ4n) is 7.23. The first kappa shape index (κ1) is 22.4. The number of carboxylic acid groups (broad SMARTS) is 4. The summed E-state index contributed by atoms with van der Waals surface area (Å²) in [6.07, 6.45) is 11.1. The first-order valence-corrected chi connectivity index (χ1v) is 11.8. The van der Waals surface area contributed by atoms with Gasteiger partial charge < -0.3 is 20.4 Å². The number of aliphatic carboxylic acids is 2. The highest BCUT2D eigenvalue weighted by Gasteiger charge is 2.47. The SMILES string of the molecule is C1CCC2C3CCC(C3)C2C1.O=C(O)C1=C(C(=O)O)C2=c3cc(C(=O)O)c(C(=O)O)cc3=C1C2. The Labute approximate surface area is 194 Å². The van der Waals surface area contributed by atoms with Gasteiger partial charge in [-0.05, 0) is 89.5 Å². The molecule has 1 aromatic carbocycles. The topological polar surface area (TPSA) is 149 Å². The molecule has 4 N–H and O–H groups in total. The molecule has 3 fully saturated rings. The van der Waals surface area contributed by atoms with Crippen LogP contribution in [0.5, 0.6) is 0 Å². The molecular formula is C26H26O8. The van der Waals surface area contributed by atoms with E-state index >= 15 is 0 Å². The van der Waals surface area contributed by atoms with Crippen molar-refractivity contribution in [1.82, 2.24) is 0 Å². The monoisotopic (exact) mass is 466 g/mol. The molecule has 8 nitrogen and oxygen atoms in total. The van der Waals surface area contributed by atoms with Gasteiger partial charge in [0.25, 0.3) is 0 Å². The molecule has 34 heavy (non-hydrogen) atoms. The summed E-state index contributed by atoms with van der Waals surface area (Å²) in [5.41, 5.74) is -1.31. The third kappa shape index (κ3) is 3.35. The molecule has 4 atom stereocenters. The molecule has 0 radical (unpaired) electrons. The van der Waals surface area contributed by atoms with Gasteiger partial charge in [-0.25, -0.2) is 19.2 Å². The standard InChI is InChI=1S/C15H8O8.C11H18/c16-12(17)8-1-4-5(2-9(8)13(18)19)7-3-6(4)10(14(20)21)11(7)15(22)23;1-2-4-11-9-6-5-8(7-9)10(11)3-1/h1-2H,3H2,(H,16,17)(H,18,19)(H,20,21)(H,22,23);8-11H,1-7H2. The summed E-state index contributed by atoms with van der Waals surface area (Å²) >= 11 is 0. The highest BCUT2D eigenvalue weighted by Crippen LogP contribution is 2.57. The Balaban J connectivity index is 0.000000180. The maximum Gasteiger partial charge on any atom is 0.336 e. The van der Waals surface area contributed by atoms with Gasteiger partial charge in [0.15, 0.2) is 0 Å². The fourth-order valence-corrected chi connectivity index (χ4v) is 7.23. The number of hydrogen-bond donors (Lipinski definition) is 4. The van der Waals surface area contributed by atoms with Crippen molar-refractivity contribution in [2.75, 3.05) is 0 Å². The van der Waals surface area contributed by atoms with Crippen LogP contribution in [0.1, 0.15) is 72.1 Å². The Morgan fingerprint density at radius 1 is 0.618 bits per heavy atom. The Kier molecular flexibility index (Phi) is 5.34. The zero-order chi connectivity index (χ0) is 24.3. The number of benzene rings is 1. The van der Waals surface area contributed by atoms with Gasteiger partial charge in [-0.1, -0.05) is 12.8 Å². The molecule has 0 saturated heterocycles. The summed E-state index contributed by atoms with van der Waals surface area (Å²) < 4.78 is 0. The first-order chi connectivity index (χ1) is 16.2. The van der Waals surface area contributed by atoms with E-state index in [4.69, 9.17) is 10.2 Å². The van der Waals surface area contributed by atoms with Crippen LogP contribution in [0.2, 0.25) is 0 Å². The Morgan fingerprint density at radius 3 is 1.38 bits per heavy atom. The zero-order valence-electron chi connectivity index (χ0n) is 18.5. The molecule has 3 saturated carbocycles. The normalized spacial score (nSPS) is 27.8. The van der Waals surface area contributed by atoms with E-state index in [1.165, 1.54) is 23.7 Å². The summed E-state index contributed by atoms with van der Waals surface area (Å²) in [4.78, 5) is 45.1. The van der Waals surface area contributed by atoms with Crippen molar-refractivity contribution in [3.05, 3.63) is 44.8 Å². The molecule has 8 heteroatoms. The lowest BCUT2D eigenvalue weighted by Crippen LogP contribution is -2.33. The molecular weight excluding hydrogens is 440 g/mol. The Hall–Kier alpha value is -3.42. The van der Waals surface area contributed by atoms with Gasteiger partial charge in [0.1, 0.15) is 0 Å². The molecule has 0 aliphatic heterocycles. The van der Waals surface area contributed by atoms with Gasteiger partial charge >= 0.3 is 23.9 Å². The lowest BCUT2D eigenvalue weighted by atomic mass is 9.71. The van der Waals surface area contributed by atoms with E-state index in [1.807, 2.05) is 0 Å². The number of hydrogen-bond acceptors (Lipinski definition) is 4. The van der Waals surface area contributed by atoms with Gasteiger partial charge in [0, 0.05) is 6.42 Å². The fraction of sp³-hybridized carbons (Fsp3) is 0.462. The third-order valence-corrected chi connectivity index (χ3v) is 8.50. The smallest absolute Gasteiger partial charge is 0.336 e. The summed E-state index contributed by atoms with van der Waals surface area (Å²) in [6.45, 7) is 0. The maximum absolute atomic E-state index is 11.3. The predicted molar refractivity (Wildman–Crippen MR) is 120 cm³/mol. The molecule has 5 aliphatic carbocycles. The van der Waals surface area contributed by atoms with Crippen LogP contribution in [0.25, 0.3) is 11.1 Å². The van der Waals surface area contributed by atoms with Crippen LogP contribution in [0.15, 0.2) is 23.3 Å². The second-order valence-electron chi connectivity index (χ2n) is 9.99. The highest BCUT2D eigenvalue weighted by molar-refractivity contribution is 6.21. The van der Waals surface area contributed by atoms with Crippen molar-refractivity contribution < 1.29 is 39.6 Å². The van der Waals surface area contributed by atoms with E-state index in [-0.39, 0.29) is 39.2 Å². The minimum atomic E-state index is -1.46. The number of rotatable bonds is 4. The van der Waals surface area contributed by atoms with Crippen LogP contribution in [0.3, 0.4) is 0 Å². The lowest BCUT2D eigenvalue weighted by molar-refractivity contribution is -0.135. The predicted octanol–water partition coefficient (Wildman–Crippen LogP) is 2.49. The van der Waals surface area contributed by atoms with E-state index < -0.39 is 35.0 Å². The zero-order valence-corrected chi connectivity index (χ0v) is 18.5. The third-order valence-electron chi connectivity index (χ3n) is 8.50. The maximum atomic E-state index is 11.3. The van der Waals surface area contributed by atoms with E-state index in [1.54, 1.807) is 44.9 Å². The van der Waals surface area contributed by atoms with Gasteiger partial charge in [-0.3, -0.25) is 0 Å². The first-order valence-electron chi connectivity index (χ1n) is 11.8. The Bertz CT molecular complexity index is 1200. The summed E-state index contributed by atoms with van der Waals surface area (Å²) in [5, 5.41) is 37.2. The molecule has 0 heterocycles.